The molecule has 2 saturated carbocycles. The molecule has 3 aliphatic rings. The number of primary amides is 1. The van der Waals surface area contributed by atoms with Crippen molar-refractivity contribution in [2.24, 2.45) is 22.5 Å². The van der Waals surface area contributed by atoms with Crippen LogP contribution in [0, 0.1) is 23.7 Å². The first kappa shape index (κ1) is 31.2. The summed E-state index contributed by atoms with van der Waals surface area (Å²) in [5.74, 6) is 1.41. The molecular formula is C31H54N2O2. The number of nitrogens with zero attached hydrogens (tertiary/aromatic N) is 1. The van der Waals surface area contributed by atoms with Gasteiger partial charge in [-0.1, -0.05) is 52.3 Å². The minimum Gasteiger partial charge on any atom is -0.496 e. The topological polar surface area (TPSA) is 55.6 Å². The van der Waals surface area contributed by atoms with Crippen LogP contribution < -0.4 is 10.5 Å². The predicted molar refractivity (Wildman–Crippen MR) is 152 cm³/mol. The Balaban J connectivity index is 0.000000273. The monoisotopic (exact) mass is 486 g/mol. The largest absolute Gasteiger partial charge is 0.496 e. The fourth-order valence-electron chi connectivity index (χ4n) is 6.23. The maximum Gasteiger partial charge on any atom is 0.249 e. The third-order valence-electron chi connectivity index (χ3n) is 8.23. The van der Waals surface area contributed by atoms with Gasteiger partial charge >= 0.3 is 0 Å². The van der Waals surface area contributed by atoms with Gasteiger partial charge < -0.3 is 15.4 Å². The smallest absolute Gasteiger partial charge is 0.249 e. The molecule has 4 heteroatoms. The van der Waals surface area contributed by atoms with Crippen molar-refractivity contribution in [1.82, 2.24) is 4.90 Å². The highest BCUT2D eigenvalue weighted by molar-refractivity contribution is 6.20. The summed E-state index contributed by atoms with van der Waals surface area (Å²) >= 11 is 0. The molecule has 4 nitrogen and oxygen atoms in total. The van der Waals surface area contributed by atoms with E-state index in [-0.39, 0.29) is 0 Å². The van der Waals surface area contributed by atoms with Crippen molar-refractivity contribution >= 4 is 11.5 Å². The molecule has 0 spiro atoms. The summed E-state index contributed by atoms with van der Waals surface area (Å²) in [5.41, 5.74) is 10.1. The zero-order valence-corrected chi connectivity index (χ0v) is 24.7. The first-order valence-electron chi connectivity index (χ1n) is 13.6. The van der Waals surface area contributed by atoms with Crippen LogP contribution in [0.5, 0.6) is 5.75 Å². The van der Waals surface area contributed by atoms with Gasteiger partial charge in [-0.3, -0.25) is 4.79 Å². The zero-order valence-electron chi connectivity index (χ0n) is 24.7. The van der Waals surface area contributed by atoms with Gasteiger partial charge in [0.05, 0.1) is 7.11 Å². The number of nitrogens with two attached hydrogens (primary N) is 1. The van der Waals surface area contributed by atoms with Crippen LogP contribution in [0.2, 0.25) is 0 Å². The number of fused-ring (bicyclic) bond motifs is 2. The Bertz CT molecular complexity index is 843. The lowest BCUT2D eigenvalue weighted by molar-refractivity contribution is -0.112. The van der Waals surface area contributed by atoms with Crippen molar-refractivity contribution in [2.75, 3.05) is 20.7 Å². The second-order valence-electron chi connectivity index (χ2n) is 11.8. The maximum absolute atomic E-state index is 11.4. The zero-order chi connectivity index (χ0) is 27.0. The summed E-state index contributed by atoms with van der Waals surface area (Å²) in [5, 5.41) is 0. The molecule has 3 fully saturated rings. The number of hydrogen-bond acceptors (Lipinski definition) is 3. The van der Waals surface area contributed by atoms with Gasteiger partial charge in [-0.05, 0) is 114 Å². The van der Waals surface area contributed by atoms with Gasteiger partial charge in [0.2, 0.25) is 5.91 Å². The number of ether oxygens (including phenoxy) is 1. The Kier molecular flexibility index (Phi) is 12.0. The van der Waals surface area contributed by atoms with E-state index in [0.29, 0.717) is 11.0 Å². The number of methoxy groups -OCH3 is 1. The van der Waals surface area contributed by atoms with Gasteiger partial charge in [0.25, 0.3) is 0 Å². The Morgan fingerprint density at radius 1 is 1.14 bits per heavy atom. The minimum absolute atomic E-state index is 0.406. The van der Waals surface area contributed by atoms with Crippen molar-refractivity contribution in [1.29, 1.82) is 0 Å². The van der Waals surface area contributed by atoms with Crippen molar-refractivity contribution in [3.63, 3.8) is 0 Å². The fourth-order valence-corrected chi connectivity index (χ4v) is 6.23. The molecule has 1 aliphatic heterocycles. The summed E-state index contributed by atoms with van der Waals surface area (Å²) in [6, 6.07) is 6.44. The first-order valence-corrected chi connectivity index (χ1v) is 13.6. The SMILES string of the molecule is CC.CC12CCC(C1)C(C)(C)C2.CC1CCCN1C.COc1cccc(C(C(N)=O)=C(C)C)c1C. The van der Waals surface area contributed by atoms with Gasteiger partial charge in [0.15, 0.2) is 0 Å². The molecule has 3 atom stereocenters. The van der Waals surface area contributed by atoms with Gasteiger partial charge in [0, 0.05) is 11.6 Å². The van der Waals surface area contributed by atoms with Crippen LogP contribution in [0.3, 0.4) is 0 Å². The number of likely N-dealkylation sites (tertiary alicyclic amines) is 1. The van der Waals surface area contributed by atoms with Gasteiger partial charge in [-0.25, -0.2) is 0 Å². The number of benzene rings is 1. The Labute approximate surface area is 216 Å². The Morgan fingerprint density at radius 3 is 2.06 bits per heavy atom. The molecule has 200 valence electrons. The summed E-state index contributed by atoms with van der Waals surface area (Å²) in [6.45, 7) is 20.6. The van der Waals surface area contributed by atoms with Crippen LogP contribution in [0.15, 0.2) is 23.8 Å². The van der Waals surface area contributed by atoms with E-state index in [9.17, 15) is 4.79 Å². The van der Waals surface area contributed by atoms with Crippen LogP contribution in [0.25, 0.3) is 5.57 Å². The molecule has 0 radical (unpaired) electrons. The number of rotatable bonds is 3. The van der Waals surface area contributed by atoms with E-state index in [4.69, 9.17) is 10.5 Å². The fraction of sp³-hybridized carbons (Fsp3) is 0.710. The van der Waals surface area contributed by atoms with Crippen molar-refractivity contribution in [3.05, 3.63) is 34.9 Å². The van der Waals surface area contributed by atoms with Crippen molar-refractivity contribution in [3.8, 4) is 5.75 Å². The molecule has 1 aromatic carbocycles. The lowest BCUT2D eigenvalue weighted by Gasteiger charge is -2.32. The van der Waals surface area contributed by atoms with E-state index in [0.717, 1.165) is 39.8 Å². The van der Waals surface area contributed by atoms with E-state index >= 15 is 0 Å². The molecule has 0 aromatic heterocycles. The average Bonchev–Trinajstić information content (AvgIpc) is 3.42. The van der Waals surface area contributed by atoms with Crippen LogP contribution in [-0.2, 0) is 4.79 Å². The predicted octanol–water partition coefficient (Wildman–Crippen LogP) is 7.63. The third-order valence-corrected chi connectivity index (χ3v) is 8.23. The van der Waals surface area contributed by atoms with Gasteiger partial charge in [-0.15, -0.1) is 0 Å². The molecule has 35 heavy (non-hydrogen) atoms. The Hall–Kier alpha value is -1.81. The molecule has 2 aliphatic carbocycles. The van der Waals surface area contributed by atoms with E-state index in [2.05, 4.69) is 39.6 Å². The number of amides is 1. The van der Waals surface area contributed by atoms with Crippen molar-refractivity contribution < 1.29 is 9.53 Å². The lowest BCUT2D eigenvalue weighted by Crippen LogP contribution is -2.22. The first-order chi connectivity index (χ1) is 16.3. The molecular weight excluding hydrogens is 432 g/mol. The summed E-state index contributed by atoms with van der Waals surface area (Å²) < 4.78 is 5.22. The number of carbonyl (C=O) groups excluding carboxylic acids is 1. The molecule has 1 aromatic rings. The molecule has 3 unspecified atom stereocenters. The highest BCUT2D eigenvalue weighted by atomic mass is 16.5. The number of hydrogen-bond donors (Lipinski definition) is 1. The van der Waals surface area contributed by atoms with Crippen LogP contribution in [0.1, 0.15) is 105 Å². The highest BCUT2D eigenvalue weighted by Crippen LogP contribution is 2.62. The van der Waals surface area contributed by atoms with Crippen LogP contribution >= 0.6 is 0 Å². The number of carbonyl (C=O) groups is 1. The van der Waals surface area contributed by atoms with E-state index in [1.54, 1.807) is 7.11 Å². The maximum atomic E-state index is 11.4. The quantitative estimate of drug-likeness (QED) is 0.447. The second kappa shape index (κ2) is 13.5. The van der Waals surface area contributed by atoms with Crippen molar-refractivity contribution in [2.45, 2.75) is 107 Å². The van der Waals surface area contributed by atoms with Gasteiger partial charge in [0.1, 0.15) is 5.75 Å². The molecule has 1 amide bonds. The highest BCUT2D eigenvalue weighted by Gasteiger charge is 2.51. The average molecular weight is 487 g/mol. The van der Waals surface area contributed by atoms with E-state index in [1.165, 1.54) is 45.1 Å². The normalized spacial score (nSPS) is 25.8. The standard InChI is InChI=1S/C13H17NO2.C10H18.C6H13N.C2H6/c1-8(2)12(13(14)15)10-6-5-7-11(16-4)9(10)3;1-9(2)7-10(3)5-4-8(9)6-10;1-6-4-3-5-7(6)2;1-2/h5-7H,1-4H3,(H2,14,15);8H,4-7H2,1-3H3;6H,3-5H2,1-2H3;1-2H3. The molecule has 2 bridgehead atoms. The second-order valence-corrected chi connectivity index (χ2v) is 11.8. The number of allylic oxidation sites excluding steroid dienone is 1. The van der Waals surface area contributed by atoms with E-state index < -0.39 is 5.91 Å². The van der Waals surface area contributed by atoms with Crippen LogP contribution in [-0.4, -0.2) is 37.6 Å². The van der Waals surface area contributed by atoms with Gasteiger partial charge in [-0.2, -0.15) is 0 Å². The summed E-state index contributed by atoms with van der Waals surface area (Å²) in [4.78, 5) is 13.8. The third kappa shape index (κ3) is 8.37. The molecule has 4 rings (SSSR count). The lowest BCUT2D eigenvalue weighted by atomic mass is 9.73. The molecule has 1 saturated heterocycles. The summed E-state index contributed by atoms with van der Waals surface area (Å²) in [7, 11) is 3.80. The van der Waals surface area contributed by atoms with E-state index in [1.807, 2.05) is 52.8 Å². The Morgan fingerprint density at radius 2 is 1.77 bits per heavy atom. The molecule has 2 N–H and O–H groups in total. The molecule has 1 heterocycles. The summed E-state index contributed by atoms with van der Waals surface area (Å²) in [6.07, 6.45) is 8.80. The van der Waals surface area contributed by atoms with Crippen LogP contribution in [0.4, 0.5) is 0 Å². The minimum atomic E-state index is -0.406.